The molecule has 1 aromatic carbocycles. The molecule has 0 aliphatic rings. The van der Waals surface area contributed by atoms with E-state index in [0.29, 0.717) is 21.7 Å². The van der Waals surface area contributed by atoms with E-state index in [4.69, 9.17) is 23.2 Å². The zero-order chi connectivity index (χ0) is 15.0. The van der Waals surface area contributed by atoms with E-state index in [-0.39, 0.29) is 10.8 Å². The van der Waals surface area contributed by atoms with Crippen LogP contribution in [0.3, 0.4) is 0 Å². The van der Waals surface area contributed by atoms with Crippen molar-refractivity contribution in [3.8, 4) is 5.75 Å². The van der Waals surface area contributed by atoms with Gasteiger partial charge in [0.2, 0.25) is 0 Å². The summed E-state index contributed by atoms with van der Waals surface area (Å²) in [4.78, 5) is 10.5. The number of phenolic OH excluding ortho intramolecular Hbond substituents is 1. The third kappa shape index (κ3) is 2.48. The Morgan fingerprint density at radius 1 is 1.05 bits per heavy atom. The van der Waals surface area contributed by atoms with E-state index in [2.05, 4.69) is 9.97 Å². The van der Waals surface area contributed by atoms with Gasteiger partial charge < -0.3 is 10.0 Å². The van der Waals surface area contributed by atoms with E-state index in [0.717, 1.165) is 5.82 Å². The Labute approximate surface area is 131 Å². The van der Waals surface area contributed by atoms with Crippen molar-refractivity contribution in [1.29, 1.82) is 0 Å². The molecule has 2 heterocycles. The number of nitrogens with zero attached hydrogens (tertiary/aromatic N) is 3. The lowest BCUT2D eigenvalue weighted by Gasteiger charge is -2.17. The zero-order valence-corrected chi connectivity index (χ0v) is 12.6. The number of aromatic nitrogens is 2. The van der Waals surface area contributed by atoms with Gasteiger partial charge in [0.1, 0.15) is 17.2 Å². The molecule has 21 heavy (non-hydrogen) atoms. The highest BCUT2D eigenvalue weighted by Crippen LogP contribution is 2.37. The SMILES string of the molecule is CN(c1ccccn1)c1ccc2c(Cl)cc(Cl)c(O)c2n1. The molecule has 106 valence electrons. The Morgan fingerprint density at radius 2 is 1.86 bits per heavy atom. The molecule has 0 saturated carbocycles. The summed E-state index contributed by atoms with van der Waals surface area (Å²) in [7, 11) is 1.85. The number of aromatic hydroxyl groups is 1. The van der Waals surface area contributed by atoms with Crippen molar-refractivity contribution in [2.45, 2.75) is 0 Å². The highest BCUT2D eigenvalue weighted by atomic mass is 35.5. The molecule has 4 nitrogen and oxygen atoms in total. The van der Waals surface area contributed by atoms with Crippen LogP contribution in [0.1, 0.15) is 0 Å². The Balaban J connectivity index is 2.15. The number of benzene rings is 1. The first-order valence-corrected chi connectivity index (χ1v) is 6.96. The number of phenols is 1. The lowest BCUT2D eigenvalue weighted by atomic mass is 10.2. The summed E-state index contributed by atoms with van der Waals surface area (Å²) in [5.74, 6) is 1.30. The van der Waals surface area contributed by atoms with E-state index in [9.17, 15) is 5.11 Å². The van der Waals surface area contributed by atoms with Crippen molar-refractivity contribution in [2.75, 3.05) is 11.9 Å². The van der Waals surface area contributed by atoms with Gasteiger partial charge in [-0.05, 0) is 30.3 Å². The molecule has 0 aliphatic carbocycles. The van der Waals surface area contributed by atoms with E-state index in [1.165, 1.54) is 6.07 Å². The number of halogens is 2. The van der Waals surface area contributed by atoms with Gasteiger partial charge in [-0.3, -0.25) is 0 Å². The normalized spacial score (nSPS) is 10.8. The third-order valence-corrected chi connectivity index (χ3v) is 3.78. The molecule has 0 fully saturated rings. The maximum absolute atomic E-state index is 10.1. The summed E-state index contributed by atoms with van der Waals surface area (Å²) >= 11 is 12.1. The fraction of sp³-hybridized carbons (Fsp3) is 0.0667. The van der Waals surface area contributed by atoms with Gasteiger partial charge in [-0.2, -0.15) is 0 Å². The predicted molar refractivity (Wildman–Crippen MR) is 85.7 cm³/mol. The molecule has 0 aliphatic heterocycles. The molecule has 6 heteroatoms. The summed E-state index contributed by atoms with van der Waals surface area (Å²) in [6, 6.07) is 10.7. The molecule has 0 spiro atoms. The van der Waals surface area contributed by atoms with E-state index in [1.807, 2.05) is 36.2 Å². The fourth-order valence-electron chi connectivity index (χ4n) is 2.05. The summed E-state index contributed by atoms with van der Waals surface area (Å²) in [5.41, 5.74) is 0.368. The number of anilines is 2. The molecule has 0 amide bonds. The van der Waals surface area contributed by atoms with E-state index < -0.39 is 0 Å². The van der Waals surface area contributed by atoms with Gasteiger partial charge in [-0.1, -0.05) is 29.3 Å². The van der Waals surface area contributed by atoms with Gasteiger partial charge in [-0.25, -0.2) is 9.97 Å². The Morgan fingerprint density at radius 3 is 2.57 bits per heavy atom. The largest absolute Gasteiger partial charge is 0.504 e. The molecule has 0 saturated heterocycles. The summed E-state index contributed by atoms with van der Waals surface area (Å²) in [6.45, 7) is 0. The van der Waals surface area contributed by atoms with Crippen molar-refractivity contribution >= 4 is 45.7 Å². The predicted octanol–water partition coefficient (Wildman–Crippen LogP) is 4.41. The Kier molecular flexibility index (Phi) is 3.57. The maximum atomic E-state index is 10.1. The molecule has 1 N–H and O–H groups in total. The van der Waals surface area contributed by atoms with Crippen molar-refractivity contribution in [2.24, 2.45) is 0 Å². The average Bonchev–Trinajstić information content (AvgIpc) is 2.52. The van der Waals surface area contributed by atoms with Crippen molar-refractivity contribution in [1.82, 2.24) is 9.97 Å². The van der Waals surface area contributed by atoms with Crippen LogP contribution in [0.5, 0.6) is 5.75 Å². The minimum atomic E-state index is -0.0765. The van der Waals surface area contributed by atoms with Crippen LogP contribution in [0.25, 0.3) is 10.9 Å². The highest BCUT2D eigenvalue weighted by molar-refractivity contribution is 6.39. The minimum Gasteiger partial charge on any atom is -0.504 e. The molecular formula is C15H11Cl2N3O. The van der Waals surface area contributed by atoms with Gasteiger partial charge >= 0.3 is 0 Å². The zero-order valence-electron chi connectivity index (χ0n) is 11.1. The summed E-state index contributed by atoms with van der Waals surface area (Å²) < 4.78 is 0. The fourth-order valence-corrected chi connectivity index (χ4v) is 2.56. The quantitative estimate of drug-likeness (QED) is 0.760. The van der Waals surface area contributed by atoms with Crippen molar-refractivity contribution in [3.05, 3.63) is 52.6 Å². The molecule has 3 rings (SSSR count). The summed E-state index contributed by atoms with van der Waals surface area (Å²) in [5, 5.41) is 11.4. The first kappa shape index (κ1) is 13.9. The van der Waals surface area contributed by atoms with Crippen LogP contribution in [0.2, 0.25) is 10.0 Å². The topological polar surface area (TPSA) is 49.2 Å². The maximum Gasteiger partial charge on any atom is 0.160 e. The highest BCUT2D eigenvalue weighted by Gasteiger charge is 2.13. The van der Waals surface area contributed by atoms with E-state index >= 15 is 0 Å². The first-order valence-electron chi connectivity index (χ1n) is 6.20. The first-order chi connectivity index (χ1) is 10.1. The van der Waals surface area contributed by atoms with E-state index in [1.54, 1.807) is 12.3 Å². The Hall–Kier alpha value is -2.04. The second-order valence-corrected chi connectivity index (χ2v) is 5.32. The van der Waals surface area contributed by atoms with Crippen LogP contribution < -0.4 is 4.90 Å². The van der Waals surface area contributed by atoms with Gasteiger partial charge in [0.15, 0.2) is 5.75 Å². The Bertz CT molecular complexity index is 809. The third-order valence-electron chi connectivity index (χ3n) is 3.18. The average molecular weight is 320 g/mol. The number of hydrogen-bond donors (Lipinski definition) is 1. The molecule has 0 unspecified atom stereocenters. The number of fused-ring (bicyclic) bond motifs is 1. The van der Waals surface area contributed by atoms with Crippen LogP contribution in [-0.2, 0) is 0 Å². The number of pyridine rings is 2. The summed E-state index contributed by atoms with van der Waals surface area (Å²) in [6.07, 6.45) is 1.71. The standard InChI is InChI=1S/C15H11Cl2N3O/c1-20(12-4-2-3-7-18-12)13-6-5-9-10(16)8-11(17)15(21)14(9)19-13/h2-8,21H,1H3. The van der Waals surface area contributed by atoms with Gasteiger partial charge in [-0.15, -0.1) is 0 Å². The lowest BCUT2D eigenvalue weighted by molar-refractivity contribution is 0.480. The smallest absolute Gasteiger partial charge is 0.160 e. The molecule has 0 radical (unpaired) electrons. The molecule has 2 aromatic heterocycles. The lowest BCUT2D eigenvalue weighted by Crippen LogP contribution is -2.12. The molecule has 0 bridgehead atoms. The van der Waals surface area contributed by atoms with Crippen LogP contribution in [-0.4, -0.2) is 22.1 Å². The minimum absolute atomic E-state index is 0.0765. The van der Waals surface area contributed by atoms with Gasteiger partial charge in [0.25, 0.3) is 0 Å². The number of hydrogen-bond acceptors (Lipinski definition) is 4. The van der Waals surface area contributed by atoms with Crippen LogP contribution in [0, 0.1) is 0 Å². The van der Waals surface area contributed by atoms with Crippen molar-refractivity contribution in [3.63, 3.8) is 0 Å². The number of rotatable bonds is 2. The van der Waals surface area contributed by atoms with Crippen LogP contribution >= 0.6 is 23.2 Å². The molecular weight excluding hydrogens is 309 g/mol. The van der Waals surface area contributed by atoms with Crippen LogP contribution in [0.4, 0.5) is 11.6 Å². The van der Waals surface area contributed by atoms with Gasteiger partial charge in [0.05, 0.1) is 10.0 Å². The van der Waals surface area contributed by atoms with Gasteiger partial charge in [0, 0.05) is 18.6 Å². The molecule has 3 aromatic rings. The van der Waals surface area contributed by atoms with Crippen LogP contribution in [0.15, 0.2) is 42.6 Å². The second kappa shape index (κ2) is 5.39. The second-order valence-electron chi connectivity index (χ2n) is 4.50. The van der Waals surface area contributed by atoms with Crippen molar-refractivity contribution < 1.29 is 5.11 Å². The molecule has 0 atom stereocenters. The monoisotopic (exact) mass is 319 g/mol.